The number of nitrogens with zero attached hydrogens (tertiary/aromatic N) is 1. The van der Waals surface area contributed by atoms with Gasteiger partial charge in [-0.1, -0.05) is 55.5 Å². The smallest absolute Gasteiger partial charge is 0.407 e. The van der Waals surface area contributed by atoms with Crippen LogP contribution in [0.2, 0.25) is 0 Å². The number of nitrogens with one attached hydrogen (secondary N) is 1. The topological polar surface area (TPSA) is 105 Å². The molecule has 2 aromatic carbocycles. The van der Waals surface area contributed by atoms with Gasteiger partial charge in [-0.25, -0.2) is 9.59 Å². The Morgan fingerprint density at radius 2 is 1.74 bits per heavy atom. The van der Waals surface area contributed by atoms with Crippen LogP contribution in [-0.2, 0) is 19.1 Å². The number of alkyl carbamates (subject to hydrolysis) is 1. The number of rotatable bonds is 9. The van der Waals surface area contributed by atoms with Crippen LogP contribution in [0.15, 0.2) is 48.5 Å². The third kappa shape index (κ3) is 5.16. The van der Waals surface area contributed by atoms with E-state index >= 15 is 0 Å². The molecule has 2 aromatic rings. The summed E-state index contributed by atoms with van der Waals surface area (Å²) in [5.74, 6) is -1.07. The Labute approximate surface area is 209 Å². The second-order valence-corrected chi connectivity index (χ2v) is 9.77. The summed E-state index contributed by atoms with van der Waals surface area (Å²) in [5, 5.41) is 12.0. The Bertz CT molecular complexity index is 1050. The van der Waals surface area contributed by atoms with Gasteiger partial charge >= 0.3 is 12.1 Å². The Morgan fingerprint density at radius 3 is 2.31 bits per heavy atom. The van der Waals surface area contributed by atoms with Gasteiger partial charge in [0.15, 0.2) is 0 Å². The van der Waals surface area contributed by atoms with Gasteiger partial charge in [-0.3, -0.25) is 4.79 Å². The van der Waals surface area contributed by atoms with Crippen LogP contribution in [0.3, 0.4) is 0 Å². The van der Waals surface area contributed by atoms with Crippen molar-refractivity contribution in [3.8, 4) is 11.1 Å². The number of thioether (sulfide) groups is 1. The molecule has 3 atom stereocenters. The summed E-state index contributed by atoms with van der Waals surface area (Å²) >= 11 is 1.46. The molecule has 1 aliphatic heterocycles. The number of hydrogen-bond donors (Lipinski definition) is 2. The molecule has 8 nitrogen and oxygen atoms in total. The number of amides is 2. The summed E-state index contributed by atoms with van der Waals surface area (Å²) in [4.78, 5) is 38.5. The molecule has 4 rings (SSSR count). The maximum Gasteiger partial charge on any atom is 0.407 e. The van der Waals surface area contributed by atoms with Crippen LogP contribution in [0.1, 0.15) is 36.8 Å². The number of fused-ring (bicyclic) bond motifs is 3. The number of hydrogen-bond acceptors (Lipinski definition) is 6. The monoisotopic (exact) mass is 498 g/mol. The van der Waals surface area contributed by atoms with Crippen molar-refractivity contribution in [2.75, 3.05) is 26.0 Å². The standard InChI is InChI=1S/C26H30N2O6S/c1-3-23-28(21(15-35-23)25(30)31)24(29)22(33-2)12-13-27-26(32)34-14-20-18-10-6-4-8-16(18)17-9-5-7-11-19(17)20/h4-11,20-23H,3,12-15H2,1-2H3,(H,27,32)(H,30,31). The van der Waals surface area contributed by atoms with E-state index in [0.29, 0.717) is 12.2 Å². The molecular formula is C26H30N2O6S. The van der Waals surface area contributed by atoms with E-state index in [-0.39, 0.29) is 36.8 Å². The Kier molecular flexibility index (Phi) is 7.97. The average molecular weight is 499 g/mol. The van der Waals surface area contributed by atoms with Gasteiger partial charge in [-0.2, -0.15) is 0 Å². The van der Waals surface area contributed by atoms with Gasteiger partial charge in [0.1, 0.15) is 18.8 Å². The van der Waals surface area contributed by atoms with Crippen molar-refractivity contribution >= 4 is 29.7 Å². The van der Waals surface area contributed by atoms with Gasteiger partial charge < -0.3 is 24.8 Å². The molecule has 2 N–H and O–H groups in total. The first kappa shape index (κ1) is 25.1. The predicted molar refractivity (Wildman–Crippen MR) is 133 cm³/mol. The molecule has 1 heterocycles. The van der Waals surface area contributed by atoms with Crippen LogP contribution in [0.4, 0.5) is 4.79 Å². The van der Waals surface area contributed by atoms with Crippen molar-refractivity contribution in [2.45, 2.75) is 43.2 Å². The molecule has 1 aliphatic carbocycles. The Balaban J connectivity index is 1.31. The Morgan fingerprint density at radius 1 is 1.11 bits per heavy atom. The van der Waals surface area contributed by atoms with Crippen LogP contribution in [0, 0.1) is 0 Å². The van der Waals surface area contributed by atoms with Crippen LogP contribution < -0.4 is 5.32 Å². The van der Waals surface area contributed by atoms with Gasteiger partial charge in [0.05, 0.1) is 5.37 Å². The quantitative estimate of drug-likeness (QED) is 0.543. The first-order valence-electron chi connectivity index (χ1n) is 11.7. The Hall–Kier alpha value is -3.04. The van der Waals surface area contributed by atoms with E-state index in [2.05, 4.69) is 29.6 Å². The molecule has 0 bridgehead atoms. The van der Waals surface area contributed by atoms with E-state index in [1.807, 2.05) is 31.2 Å². The molecule has 0 aromatic heterocycles. The zero-order chi connectivity index (χ0) is 24.9. The van der Waals surface area contributed by atoms with Gasteiger partial charge in [0.25, 0.3) is 5.91 Å². The molecule has 9 heteroatoms. The van der Waals surface area contributed by atoms with Gasteiger partial charge in [-0.15, -0.1) is 11.8 Å². The van der Waals surface area contributed by atoms with Gasteiger partial charge in [0, 0.05) is 31.7 Å². The van der Waals surface area contributed by atoms with Crippen LogP contribution in [0.5, 0.6) is 0 Å². The summed E-state index contributed by atoms with van der Waals surface area (Å²) in [5.41, 5.74) is 4.58. The van der Waals surface area contributed by atoms with E-state index in [1.54, 1.807) is 0 Å². The van der Waals surface area contributed by atoms with Crippen molar-refractivity contribution in [3.05, 3.63) is 59.7 Å². The lowest BCUT2D eigenvalue weighted by atomic mass is 9.98. The highest BCUT2D eigenvalue weighted by Crippen LogP contribution is 2.44. The minimum absolute atomic E-state index is 0.0342. The van der Waals surface area contributed by atoms with Gasteiger partial charge in [-0.05, 0) is 28.7 Å². The molecule has 2 aliphatic rings. The largest absolute Gasteiger partial charge is 0.480 e. The molecule has 0 radical (unpaired) electrons. The zero-order valence-corrected chi connectivity index (χ0v) is 20.6. The minimum Gasteiger partial charge on any atom is -0.480 e. The van der Waals surface area contributed by atoms with Crippen molar-refractivity contribution in [2.24, 2.45) is 0 Å². The molecule has 3 unspecified atom stereocenters. The summed E-state index contributed by atoms with van der Waals surface area (Å²) in [6.45, 7) is 2.29. The molecule has 0 spiro atoms. The number of aliphatic carboxylic acids is 1. The maximum atomic E-state index is 13.1. The van der Waals surface area contributed by atoms with Crippen LogP contribution in [-0.4, -0.2) is 71.5 Å². The summed E-state index contributed by atoms with van der Waals surface area (Å²) in [7, 11) is 1.41. The third-order valence-electron chi connectivity index (χ3n) is 6.56. The third-order valence-corrected chi connectivity index (χ3v) is 8.01. The van der Waals surface area contributed by atoms with Crippen molar-refractivity contribution < 1.29 is 29.0 Å². The van der Waals surface area contributed by atoms with E-state index < -0.39 is 24.2 Å². The second kappa shape index (κ2) is 11.1. The van der Waals surface area contributed by atoms with E-state index in [0.717, 1.165) is 22.3 Å². The van der Waals surface area contributed by atoms with Crippen LogP contribution >= 0.6 is 11.8 Å². The summed E-state index contributed by atoms with van der Waals surface area (Å²) in [6, 6.07) is 15.4. The summed E-state index contributed by atoms with van der Waals surface area (Å²) in [6.07, 6.45) is -0.558. The summed E-state index contributed by atoms with van der Waals surface area (Å²) < 4.78 is 10.9. The number of carbonyl (C=O) groups excluding carboxylic acids is 2. The van der Waals surface area contributed by atoms with Crippen molar-refractivity contribution in [1.29, 1.82) is 0 Å². The maximum absolute atomic E-state index is 13.1. The van der Waals surface area contributed by atoms with E-state index in [9.17, 15) is 19.5 Å². The lowest BCUT2D eigenvalue weighted by molar-refractivity contribution is -0.154. The number of benzene rings is 2. The number of ether oxygens (including phenoxy) is 2. The molecular weight excluding hydrogens is 468 g/mol. The normalized spacial score (nSPS) is 19.7. The molecule has 0 saturated carbocycles. The molecule has 1 saturated heterocycles. The first-order valence-corrected chi connectivity index (χ1v) is 12.8. The van der Waals surface area contributed by atoms with Crippen LogP contribution in [0.25, 0.3) is 11.1 Å². The van der Waals surface area contributed by atoms with Gasteiger partial charge in [0.2, 0.25) is 0 Å². The van der Waals surface area contributed by atoms with Crippen molar-refractivity contribution in [1.82, 2.24) is 10.2 Å². The highest BCUT2D eigenvalue weighted by molar-refractivity contribution is 8.00. The lowest BCUT2D eigenvalue weighted by Crippen LogP contribution is -2.50. The minimum atomic E-state index is -1.02. The average Bonchev–Trinajstić information content (AvgIpc) is 3.44. The van der Waals surface area contributed by atoms with Crippen molar-refractivity contribution in [3.63, 3.8) is 0 Å². The predicted octanol–water partition coefficient (Wildman–Crippen LogP) is 3.69. The highest BCUT2D eigenvalue weighted by atomic mass is 32.2. The second-order valence-electron chi connectivity index (χ2n) is 8.56. The SMILES string of the molecule is CCC1SCC(C(=O)O)N1C(=O)C(CCNC(=O)OCC1c2ccccc2-c2ccccc21)OC. The fraction of sp³-hybridized carbons (Fsp3) is 0.423. The number of carboxylic acids is 1. The molecule has 2 amide bonds. The van der Waals surface area contributed by atoms with E-state index in [1.165, 1.54) is 23.8 Å². The number of carbonyl (C=O) groups is 3. The first-order chi connectivity index (χ1) is 17.0. The fourth-order valence-electron chi connectivity index (χ4n) is 4.83. The highest BCUT2D eigenvalue weighted by Gasteiger charge is 2.43. The molecule has 1 fully saturated rings. The number of methoxy groups -OCH3 is 1. The number of carboxylic acid groups (broad SMARTS) is 1. The fourth-order valence-corrected chi connectivity index (χ4v) is 6.18. The molecule has 35 heavy (non-hydrogen) atoms. The zero-order valence-electron chi connectivity index (χ0n) is 19.8. The molecule has 186 valence electrons. The van der Waals surface area contributed by atoms with E-state index in [4.69, 9.17) is 9.47 Å². The lowest BCUT2D eigenvalue weighted by Gasteiger charge is -2.30.